The van der Waals surface area contributed by atoms with E-state index in [1.807, 2.05) is 4.68 Å². The third-order valence-corrected chi connectivity index (χ3v) is 4.01. The Kier molecular flexibility index (Phi) is 6.04. The summed E-state index contributed by atoms with van der Waals surface area (Å²) in [6.07, 6.45) is 9.76. The highest BCUT2D eigenvalue weighted by atomic mass is 35.5. The average Bonchev–Trinajstić information content (AvgIpc) is 2.84. The van der Waals surface area contributed by atoms with E-state index in [9.17, 15) is 0 Å². The van der Waals surface area contributed by atoms with Crippen molar-refractivity contribution in [3.8, 4) is 0 Å². The summed E-state index contributed by atoms with van der Waals surface area (Å²) in [7, 11) is 1.68. The molecule has 0 saturated carbocycles. The Morgan fingerprint density at radius 2 is 2.40 bits per heavy atom. The Morgan fingerprint density at radius 1 is 1.55 bits per heavy atom. The molecule has 2 rings (SSSR count). The van der Waals surface area contributed by atoms with E-state index >= 15 is 0 Å². The molecule has 0 bridgehead atoms. The first kappa shape index (κ1) is 15.5. The van der Waals surface area contributed by atoms with Gasteiger partial charge in [0.05, 0.1) is 36.1 Å². The van der Waals surface area contributed by atoms with E-state index in [-0.39, 0.29) is 6.04 Å². The van der Waals surface area contributed by atoms with Gasteiger partial charge in [-0.05, 0) is 32.1 Å². The summed E-state index contributed by atoms with van der Waals surface area (Å²) in [5, 5.41) is 4.96. The van der Waals surface area contributed by atoms with E-state index < -0.39 is 0 Å². The fraction of sp³-hybridized carbons (Fsp3) is 0.643. The first-order valence-electron chi connectivity index (χ1n) is 7.10. The lowest BCUT2D eigenvalue weighted by atomic mass is 9.93. The second-order valence-corrected chi connectivity index (χ2v) is 5.53. The van der Waals surface area contributed by atoms with Gasteiger partial charge in [0.25, 0.3) is 0 Å². The topological polar surface area (TPSA) is 65.1 Å². The lowest BCUT2D eigenvalue weighted by Gasteiger charge is -2.21. The number of nitrogens with zero attached hydrogens (tertiary/aromatic N) is 2. The van der Waals surface area contributed by atoms with E-state index in [1.54, 1.807) is 13.3 Å². The molecule has 0 aliphatic heterocycles. The Balaban J connectivity index is 2.13. The summed E-state index contributed by atoms with van der Waals surface area (Å²) < 4.78 is 6.98. The monoisotopic (exact) mass is 298 g/mol. The highest BCUT2D eigenvalue weighted by Gasteiger charge is 2.21. The van der Waals surface area contributed by atoms with Gasteiger partial charge in [-0.25, -0.2) is 0 Å². The highest BCUT2D eigenvalue weighted by molar-refractivity contribution is 6.31. The largest absolute Gasteiger partial charge is 0.383 e. The van der Waals surface area contributed by atoms with Crippen LogP contribution in [0.4, 0.5) is 0 Å². The molecule has 1 aliphatic carbocycles. The molecule has 0 spiro atoms. The standard InChI is InChI=1S/C14H23ClN4O/c1-20-8-7-19-14(12(15)10-17-19)13(18-16)9-11-5-3-2-4-6-11/h5,10,13,18H,2-4,6-9,16H2,1H3. The van der Waals surface area contributed by atoms with Crippen LogP contribution in [-0.2, 0) is 11.3 Å². The number of aromatic nitrogens is 2. The second kappa shape index (κ2) is 7.78. The van der Waals surface area contributed by atoms with Crippen LogP contribution in [0, 0.1) is 0 Å². The van der Waals surface area contributed by atoms with Crippen molar-refractivity contribution < 1.29 is 4.74 Å². The third kappa shape index (κ3) is 3.82. The molecule has 1 atom stereocenters. The van der Waals surface area contributed by atoms with Gasteiger partial charge in [0.1, 0.15) is 0 Å². The smallest absolute Gasteiger partial charge is 0.0834 e. The first-order valence-corrected chi connectivity index (χ1v) is 7.48. The number of rotatable bonds is 7. The lowest BCUT2D eigenvalue weighted by Crippen LogP contribution is -2.31. The molecule has 0 saturated heterocycles. The van der Waals surface area contributed by atoms with Gasteiger partial charge in [-0.15, -0.1) is 0 Å². The third-order valence-electron chi connectivity index (χ3n) is 3.72. The number of nitrogens with two attached hydrogens (primary N) is 1. The van der Waals surface area contributed by atoms with Gasteiger partial charge in [0.15, 0.2) is 0 Å². The van der Waals surface area contributed by atoms with Crippen LogP contribution in [0.2, 0.25) is 5.02 Å². The summed E-state index contributed by atoms with van der Waals surface area (Å²) in [6.45, 7) is 1.28. The maximum Gasteiger partial charge on any atom is 0.0834 e. The Morgan fingerprint density at radius 3 is 3.05 bits per heavy atom. The normalized spacial score (nSPS) is 17.1. The molecule has 1 aliphatic rings. The van der Waals surface area contributed by atoms with E-state index in [1.165, 1.54) is 24.8 Å². The van der Waals surface area contributed by atoms with Gasteiger partial charge in [0, 0.05) is 7.11 Å². The summed E-state index contributed by atoms with van der Waals surface area (Å²) in [6, 6.07) is -0.00814. The fourth-order valence-corrected chi connectivity index (χ4v) is 2.93. The van der Waals surface area contributed by atoms with Crippen LogP contribution in [-0.4, -0.2) is 23.5 Å². The predicted molar refractivity (Wildman–Crippen MR) is 80.3 cm³/mol. The molecule has 3 N–H and O–H groups in total. The zero-order valence-corrected chi connectivity index (χ0v) is 12.7. The number of hydrazine groups is 1. The predicted octanol–water partition coefficient (Wildman–Crippen LogP) is 2.58. The van der Waals surface area contributed by atoms with Gasteiger partial charge in [0.2, 0.25) is 0 Å². The molecule has 0 radical (unpaired) electrons. The highest BCUT2D eigenvalue weighted by Crippen LogP contribution is 2.30. The SMILES string of the molecule is COCCn1ncc(Cl)c1C(CC1=CCCCC1)NN. The molecule has 5 nitrogen and oxygen atoms in total. The van der Waals surface area contributed by atoms with E-state index in [0.29, 0.717) is 18.2 Å². The summed E-state index contributed by atoms with van der Waals surface area (Å²) in [5.41, 5.74) is 5.28. The minimum atomic E-state index is -0.00814. The van der Waals surface area contributed by atoms with Crippen LogP contribution in [0.15, 0.2) is 17.8 Å². The van der Waals surface area contributed by atoms with Crippen LogP contribution in [0.25, 0.3) is 0 Å². The maximum absolute atomic E-state index is 6.28. The van der Waals surface area contributed by atoms with Crippen molar-refractivity contribution in [2.24, 2.45) is 5.84 Å². The van der Waals surface area contributed by atoms with Crippen LogP contribution in [0.3, 0.4) is 0 Å². The molecule has 1 aromatic heterocycles. The van der Waals surface area contributed by atoms with Crippen molar-refractivity contribution in [1.29, 1.82) is 0 Å². The summed E-state index contributed by atoms with van der Waals surface area (Å²) >= 11 is 6.28. The number of methoxy groups -OCH3 is 1. The zero-order valence-electron chi connectivity index (χ0n) is 11.9. The molecule has 0 fully saturated rings. The lowest BCUT2D eigenvalue weighted by molar-refractivity contribution is 0.181. The van der Waals surface area contributed by atoms with Crippen LogP contribution in [0.5, 0.6) is 0 Å². The van der Waals surface area contributed by atoms with Crippen molar-refractivity contribution in [2.45, 2.75) is 44.7 Å². The minimum Gasteiger partial charge on any atom is -0.383 e. The quantitative estimate of drug-likeness (QED) is 0.461. The molecule has 1 aromatic rings. The number of halogens is 1. The number of hydrogen-bond donors (Lipinski definition) is 2. The average molecular weight is 299 g/mol. The first-order chi connectivity index (χ1) is 9.76. The maximum atomic E-state index is 6.28. The summed E-state index contributed by atoms with van der Waals surface area (Å²) in [4.78, 5) is 0. The Hall–Kier alpha value is -0.880. The molecule has 1 unspecified atom stereocenters. The minimum absolute atomic E-state index is 0.00814. The van der Waals surface area contributed by atoms with Gasteiger partial charge in [-0.1, -0.05) is 23.3 Å². The van der Waals surface area contributed by atoms with Gasteiger partial charge in [-0.3, -0.25) is 16.0 Å². The van der Waals surface area contributed by atoms with Crippen molar-refractivity contribution >= 4 is 11.6 Å². The second-order valence-electron chi connectivity index (χ2n) is 5.13. The summed E-state index contributed by atoms with van der Waals surface area (Å²) in [5.74, 6) is 5.74. The van der Waals surface area contributed by atoms with Crippen molar-refractivity contribution in [1.82, 2.24) is 15.2 Å². The molecular weight excluding hydrogens is 276 g/mol. The van der Waals surface area contributed by atoms with Crippen LogP contribution in [0.1, 0.15) is 43.8 Å². The van der Waals surface area contributed by atoms with Gasteiger partial charge >= 0.3 is 0 Å². The van der Waals surface area contributed by atoms with Crippen molar-refractivity contribution in [2.75, 3.05) is 13.7 Å². The van der Waals surface area contributed by atoms with Crippen molar-refractivity contribution in [3.05, 3.63) is 28.6 Å². The van der Waals surface area contributed by atoms with Crippen LogP contribution < -0.4 is 11.3 Å². The number of nitrogens with one attached hydrogen (secondary N) is 1. The number of ether oxygens (including phenoxy) is 1. The van der Waals surface area contributed by atoms with E-state index in [4.69, 9.17) is 22.2 Å². The molecule has 112 valence electrons. The number of allylic oxidation sites excluding steroid dienone is 1. The molecular formula is C14H23ClN4O. The van der Waals surface area contributed by atoms with Crippen LogP contribution >= 0.6 is 11.6 Å². The molecule has 0 aromatic carbocycles. The van der Waals surface area contributed by atoms with Crippen molar-refractivity contribution in [3.63, 3.8) is 0 Å². The molecule has 6 heteroatoms. The number of hydrogen-bond acceptors (Lipinski definition) is 4. The Labute approximate surface area is 125 Å². The zero-order chi connectivity index (χ0) is 14.4. The fourth-order valence-electron chi connectivity index (χ4n) is 2.66. The van der Waals surface area contributed by atoms with Gasteiger partial charge < -0.3 is 4.74 Å². The molecule has 0 amide bonds. The Bertz CT molecular complexity index is 458. The van der Waals surface area contributed by atoms with Gasteiger partial charge in [-0.2, -0.15) is 5.10 Å². The molecule has 1 heterocycles. The van der Waals surface area contributed by atoms with E-state index in [2.05, 4.69) is 16.6 Å². The molecule has 20 heavy (non-hydrogen) atoms. The van der Waals surface area contributed by atoms with E-state index in [0.717, 1.165) is 18.5 Å².